The lowest BCUT2D eigenvalue weighted by atomic mass is 10.0. The van der Waals surface area contributed by atoms with E-state index >= 15 is 0 Å². The van der Waals surface area contributed by atoms with Crippen molar-refractivity contribution in [1.82, 2.24) is 9.97 Å². The first-order chi connectivity index (χ1) is 13.3. The van der Waals surface area contributed by atoms with Gasteiger partial charge in [0.05, 0.1) is 10.9 Å². The van der Waals surface area contributed by atoms with Gasteiger partial charge in [0.2, 0.25) is 5.89 Å². The van der Waals surface area contributed by atoms with Crippen molar-refractivity contribution in [3.05, 3.63) is 58.4 Å². The van der Waals surface area contributed by atoms with Crippen molar-refractivity contribution in [2.24, 2.45) is 0 Å². The minimum atomic E-state index is -4.58. The zero-order chi connectivity index (χ0) is 20.1. The smallest absolute Gasteiger partial charge is 0.433 e. The van der Waals surface area contributed by atoms with E-state index in [-0.39, 0.29) is 15.6 Å². The summed E-state index contributed by atoms with van der Waals surface area (Å²) in [7, 11) is 0. The zero-order valence-corrected chi connectivity index (χ0v) is 15.1. The summed E-state index contributed by atoms with van der Waals surface area (Å²) in [5.41, 5.74) is 0.392. The Morgan fingerprint density at radius 1 is 1.21 bits per heavy atom. The number of hydrogen-bond acceptors (Lipinski definition) is 6. The van der Waals surface area contributed by atoms with E-state index in [0.717, 1.165) is 17.4 Å². The number of nitrogens with zero attached hydrogens (tertiary/aromatic N) is 3. The summed E-state index contributed by atoms with van der Waals surface area (Å²) in [6, 6.07) is 10.9. The fourth-order valence-electron chi connectivity index (χ4n) is 2.86. The summed E-state index contributed by atoms with van der Waals surface area (Å²) in [6.07, 6.45) is -4.58. The molecule has 0 radical (unpaired) electrons. The summed E-state index contributed by atoms with van der Waals surface area (Å²) in [5, 5.41) is 9.96. The van der Waals surface area contributed by atoms with E-state index in [1.807, 2.05) is 6.07 Å². The van der Waals surface area contributed by atoms with Gasteiger partial charge in [-0.3, -0.25) is 4.79 Å². The third-order valence-electron chi connectivity index (χ3n) is 4.27. The van der Waals surface area contributed by atoms with Crippen molar-refractivity contribution in [2.45, 2.75) is 19.0 Å². The van der Waals surface area contributed by atoms with Gasteiger partial charge >= 0.3 is 6.18 Å². The molecule has 1 atom stereocenters. The first-order valence-corrected chi connectivity index (χ1v) is 8.88. The van der Waals surface area contributed by atoms with Gasteiger partial charge in [0.1, 0.15) is 16.0 Å². The van der Waals surface area contributed by atoms with Gasteiger partial charge in [-0.15, -0.1) is 11.3 Å². The number of thiophene rings is 1. The Morgan fingerprint density at radius 2 is 1.96 bits per heavy atom. The minimum absolute atomic E-state index is 0.0468. The average molecular weight is 401 g/mol. The quantitative estimate of drug-likeness (QED) is 0.438. The van der Waals surface area contributed by atoms with E-state index in [0.29, 0.717) is 22.0 Å². The second-order valence-corrected chi connectivity index (χ2v) is 7.05. The number of aryl methyl sites for hydroxylation is 1. The number of pyridine rings is 1. The van der Waals surface area contributed by atoms with Crippen LogP contribution in [0.4, 0.5) is 13.2 Å². The highest BCUT2D eigenvalue weighted by atomic mass is 32.1. The Morgan fingerprint density at radius 3 is 2.64 bits per heavy atom. The predicted molar refractivity (Wildman–Crippen MR) is 96.1 cm³/mol. The molecule has 0 N–H and O–H groups in total. The number of benzene rings is 1. The minimum Gasteiger partial charge on any atom is -0.439 e. The van der Waals surface area contributed by atoms with E-state index in [1.165, 1.54) is 6.07 Å². The highest BCUT2D eigenvalue weighted by molar-refractivity contribution is 7.20. The van der Waals surface area contributed by atoms with E-state index in [4.69, 9.17) is 4.42 Å². The molecule has 0 aliphatic rings. The topological polar surface area (TPSA) is 79.8 Å². The summed E-state index contributed by atoms with van der Waals surface area (Å²) < 4.78 is 44.2. The van der Waals surface area contributed by atoms with Crippen LogP contribution < -0.4 is 0 Å². The Labute approximate surface area is 160 Å². The fraction of sp³-hybridized carbons (Fsp3) is 0.158. The van der Waals surface area contributed by atoms with Gasteiger partial charge in [-0.05, 0) is 36.8 Å². The number of halogens is 3. The van der Waals surface area contributed by atoms with Crippen molar-refractivity contribution >= 4 is 38.4 Å². The molecular formula is C19H10F3N3O2S. The van der Waals surface area contributed by atoms with Crippen molar-refractivity contribution in [3.63, 3.8) is 0 Å². The van der Waals surface area contributed by atoms with Crippen molar-refractivity contribution in [2.75, 3.05) is 0 Å². The van der Waals surface area contributed by atoms with Gasteiger partial charge in [-0.2, -0.15) is 18.4 Å². The second-order valence-electron chi connectivity index (χ2n) is 6.05. The molecule has 0 amide bonds. The predicted octanol–water partition coefficient (Wildman–Crippen LogP) is 5.25. The lowest BCUT2D eigenvalue weighted by Crippen LogP contribution is -2.11. The number of aromatic nitrogens is 2. The summed E-state index contributed by atoms with van der Waals surface area (Å²) in [6.45, 7) is 1.61. The number of carbonyl (C=O) groups excluding carboxylic acids is 1. The van der Waals surface area contributed by atoms with E-state index < -0.39 is 23.6 Å². The first kappa shape index (κ1) is 18.1. The average Bonchev–Trinajstić information content (AvgIpc) is 3.22. The van der Waals surface area contributed by atoms with Crippen LogP contribution in [0.5, 0.6) is 0 Å². The summed E-state index contributed by atoms with van der Waals surface area (Å²) >= 11 is 0.826. The van der Waals surface area contributed by atoms with Crippen LogP contribution in [0, 0.1) is 18.3 Å². The van der Waals surface area contributed by atoms with Gasteiger partial charge in [-0.25, -0.2) is 9.97 Å². The zero-order valence-electron chi connectivity index (χ0n) is 14.2. The normalized spacial score (nSPS) is 13.0. The lowest BCUT2D eigenvalue weighted by molar-refractivity contribution is -0.140. The molecule has 28 heavy (non-hydrogen) atoms. The largest absolute Gasteiger partial charge is 0.439 e. The molecule has 140 valence electrons. The second kappa shape index (κ2) is 6.42. The fourth-order valence-corrected chi connectivity index (χ4v) is 4.01. The number of nitriles is 1. The number of ketones is 1. The maximum Gasteiger partial charge on any atom is 0.433 e. The van der Waals surface area contributed by atoms with Crippen LogP contribution in [-0.2, 0) is 6.18 Å². The Hall–Kier alpha value is -3.25. The monoisotopic (exact) mass is 401 g/mol. The Bertz CT molecular complexity index is 1230. The highest BCUT2D eigenvalue weighted by Gasteiger charge is 2.34. The van der Waals surface area contributed by atoms with Crippen molar-refractivity contribution in [3.8, 4) is 6.07 Å². The number of fused-ring (bicyclic) bond motifs is 2. The lowest BCUT2D eigenvalue weighted by Gasteiger charge is -2.04. The number of carbonyl (C=O) groups is 1. The number of para-hydroxylation sites is 2. The van der Waals surface area contributed by atoms with Crippen molar-refractivity contribution in [1.29, 1.82) is 5.26 Å². The Balaban J connectivity index is 1.78. The standard InChI is InChI=1S/C19H10F3N3O2S/c1-9-10-6-7-14(19(20,21)22)25-18(10)28-16(9)15(26)11(8-23)17-24-12-4-2-3-5-13(12)27-17/h2-7,11H,1H3/t11-/m0/s1. The molecule has 0 saturated heterocycles. The molecule has 0 unspecified atom stereocenters. The maximum absolute atomic E-state index is 13.0. The van der Waals surface area contributed by atoms with Crippen LogP contribution >= 0.6 is 11.3 Å². The van der Waals surface area contributed by atoms with E-state index in [2.05, 4.69) is 9.97 Å². The number of rotatable bonds is 3. The molecule has 5 nitrogen and oxygen atoms in total. The Kier molecular flexibility index (Phi) is 4.16. The molecule has 9 heteroatoms. The van der Waals surface area contributed by atoms with E-state index in [9.17, 15) is 23.2 Å². The van der Waals surface area contributed by atoms with Gasteiger partial charge in [0, 0.05) is 5.39 Å². The SMILES string of the molecule is Cc1c(C(=O)[C@H](C#N)c2nc3ccccc3o2)sc2nc(C(F)(F)F)ccc12. The molecule has 4 rings (SSSR count). The van der Waals surface area contributed by atoms with Crippen LogP contribution in [0.15, 0.2) is 40.8 Å². The number of hydrogen-bond donors (Lipinski definition) is 0. The summed E-state index contributed by atoms with van der Waals surface area (Å²) in [4.78, 5) is 21.0. The van der Waals surface area contributed by atoms with Crippen LogP contribution in [0.1, 0.15) is 32.7 Å². The van der Waals surface area contributed by atoms with Crippen LogP contribution in [0.2, 0.25) is 0 Å². The van der Waals surface area contributed by atoms with Gasteiger partial charge in [-0.1, -0.05) is 12.1 Å². The number of alkyl halides is 3. The molecule has 3 heterocycles. The molecule has 0 saturated carbocycles. The van der Waals surface area contributed by atoms with Crippen LogP contribution in [-0.4, -0.2) is 15.8 Å². The molecule has 0 fully saturated rings. The molecule has 0 spiro atoms. The molecule has 0 aliphatic heterocycles. The molecule has 1 aromatic carbocycles. The molecule has 0 bridgehead atoms. The number of Topliss-reactive ketones (excluding diaryl/α,β-unsaturated/α-hetero) is 1. The van der Waals surface area contributed by atoms with E-state index in [1.54, 1.807) is 31.2 Å². The van der Waals surface area contributed by atoms with Crippen molar-refractivity contribution < 1.29 is 22.4 Å². The summed E-state index contributed by atoms with van der Waals surface area (Å²) in [5.74, 6) is -1.93. The third kappa shape index (κ3) is 2.92. The highest BCUT2D eigenvalue weighted by Crippen LogP contribution is 2.36. The third-order valence-corrected chi connectivity index (χ3v) is 5.48. The van der Waals surface area contributed by atoms with Gasteiger partial charge in [0.25, 0.3) is 0 Å². The van der Waals surface area contributed by atoms with Crippen LogP contribution in [0.25, 0.3) is 21.3 Å². The molecule has 4 aromatic rings. The molecule has 0 aliphatic carbocycles. The number of oxazole rings is 1. The van der Waals surface area contributed by atoms with Crippen LogP contribution in [0.3, 0.4) is 0 Å². The maximum atomic E-state index is 13.0. The molecular weight excluding hydrogens is 391 g/mol. The first-order valence-electron chi connectivity index (χ1n) is 8.06. The van der Waals surface area contributed by atoms with Gasteiger partial charge < -0.3 is 4.42 Å². The molecule has 3 aromatic heterocycles. The van der Waals surface area contributed by atoms with Gasteiger partial charge in [0.15, 0.2) is 17.3 Å².